The SMILES string of the molecule is CCN(CCNC(=O)c1ccc(CN2C(=O)CNC2=O)cc1)c1cccc(C)c1. The summed E-state index contributed by atoms with van der Waals surface area (Å²) in [4.78, 5) is 39.1. The van der Waals surface area contributed by atoms with Crippen molar-refractivity contribution in [1.82, 2.24) is 15.5 Å². The second-order valence-electron chi connectivity index (χ2n) is 7.01. The van der Waals surface area contributed by atoms with Crippen molar-refractivity contribution in [2.45, 2.75) is 20.4 Å². The van der Waals surface area contributed by atoms with Crippen LogP contribution in [-0.2, 0) is 11.3 Å². The highest BCUT2D eigenvalue weighted by molar-refractivity contribution is 6.01. The molecule has 7 nitrogen and oxygen atoms in total. The van der Waals surface area contributed by atoms with Gasteiger partial charge in [0.15, 0.2) is 0 Å². The van der Waals surface area contributed by atoms with Crippen LogP contribution in [0.25, 0.3) is 0 Å². The van der Waals surface area contributed by atoms with Crippen molar-refractivity contribution in [1.29, 1.82) is 0 Å². The van der Waals surface area contributed by atoms with Crippen LogP contribution in [0.3, 0.4) is 0 Å². The lowest BCUT2D eigenvalue weighted by Gasteiger charge is -2.23. The summed E-state index contributed by atoms with van der Waals surface area (Å²) in [7, 11) is 0. The molecule has 7 heteroatoms. The number of anilines is 1. The van der Waals surface area contributed by atoms with Gasteiger partial charge in [-0.15, -0.1) is 0 Å². The van der Waals surface area contributed by atoms with Crippen LogP contribution in [0.15, 0.2) is 48.5 Å². The number of imide groups is 1. The lowest BCUT2D eigenvalue weighted by Crippen LogP contribution is -2.35. The number of likely N-dealkylation sites (N-methyl/N-ethyl adjacent to an activating group) is 1. The Morgan fingerprint density at radius 1 is 1.17 bits per heavy atom. The van der Waals surface area contributed by atoms with Crippen LogP contribution in [-0.4, -0.2) is 48.9 Å². The third-order valence-corrected chi connectivity index (χ3v) is 4.91. The fraction of sp³-hybridized carbons (Fsp3) is 0.318. The van der Waals surface area contributed by atoms with Gasteiger partial charge in [0.05, 0.1) is 13.1 Å². The minimum atomic E-state index is -0.383. The molecular weight excluding hydrogens is 368 g/mol. The first kappa shape index (κ1) is 20.4. The maximum absolute atomic E-state index is 12.4. The minimum absolute atomic E-state index is 0.0383. The van der Waals surface area contributed by atoms with Crippen LogP contribution < -0.4 is 15.5 Å². The highest BCUT2D eigenvalue weighted by Crippen LogP contribution is 2.15. The molecular formula is C22H26N4O3. The Kier molecular flexibility index (Phi) is 6.49. The minimum Gasteiger partial charge on any atom is -0.370 e. The molecule has 0 aliphatic carbocycles. The number of amides is 4. The van der Waals surface area contributed by atoms with E-state index >= 15 is 0 Å². The molecule has 3 rings (SSSR count). The fourth-order valence-corrected chi connectivity index (χ4v) is 3.26. The standard InChI is InChI=1S/C22H26N4O3/c1-3-25(19-6-4-5-16(2)13-19)12-11-23-21(28)18-9-7-17(8-10-18)15-26-20(27)14-24-22(26)29/h4-10,13H,3,11-12,14-15H2,1-2H3,(H,23,28)(H,24,29). The summed E-state index contributed by atoms with van der Waals surface area (Å²) in [5, 5.41) is 5.44. The molecule has 0 spiro atoms. The molecule has 1 fully saturated rings. The summed E-state index contributed by atoms with van der Waals surface area (Å²) < 4.78 is 0. The molecule has 152 valence electrons. The molecule has 0 radical (unpaired) electrons. The Labute approximate surface area is 170 Å². The Balaban J connectivity index is 1.51. The highest BCUT2D eigenvalue weighted by atomic mass is 16.2. The molecule has 1 aliphatic heterocycles. The molecule has 2 N–H and O–H groups in total. The Bertz CT molecular complexity index is 879. The number of rotatable bonds is 8. The maximum Gasteiger partial charge on any atom is 0.324 e. The highest BCUT2D eigenvalue weighted by Gasteiger charge is 2.28. The second kappa shape index (κ2) is 9.23. The molecule has 0 unspecified atom stereocenters. The Hall–Kier alpha value is -3.35. The van der Waals surface area contributed by atoms with E-state index in [4.69, 9.17) is 0 Å². The largest absolute Gasteiger partial charge is 0.370 e. The van der Waals surface area contributed by atoms with Crippen molar-refractivity contribution in [2.24, 2.45) is 0 Å². The average Bonchev–Trinajstić information content (AvgIpc) is 3.03. The van der Waals surface area contributed by atoms with E-state index in [1.54, 1.807) is 24.3 Å². The number of hydrogen-bond acceptors (Lipinski definition) is 4. The summed E-state index contributed by atoms with van der Waals surface area (Å²) in [5.74, 6) is -0.391. The zero-order valence-corrected chi connectivity index (χ0v) is 16.8. The predicted octanol–water partition coefficient (Wildman–Crippen LogP) is 2.30. The van der Waals surface area contributed by atoms with Crippen LogP contribution in [0.5, 0.6) is 0 Å². The summed E-state index contributed by atoms with van der Waals surface area (Å²) in [6, 6.07) is 14.9. The van der Waals surface area contributed by atoms with Crippen molar-refractivity contribution in [2.75, 3.05) is 31.1 Å². The van der Waals surface area contributed by atoms with E-state index in [1.165, 1.54) is 10.5 Å². The van der Waals surface area contributed by atoms with Gasteiger partial charge in [0, 0.05) is 30.9 Å². The zero-order valence-electron chi connectivity index (χ0n) is 16.8. The smallest absolute Gasteiger partial charge is 0.324 e. The maximum atomic E-state index is 12.4. The monoisotopic (exact) mass is 394 g/mol. The third kappa shape index (κ3) is 5.13. The number of carbonyl (C=O) groups is 3. The first-order chi connectivity index (χ1) is 14.0. The van der Waals surface area contributed by atoms with E-state index in [1.807, 2.05) is 6.07 Å². The summed E-state index contributed by atoms with van der Waals surface area (Å²) in [6.45, 7) is 6.51. The quantitative estimate of drug-likeness (QED) is 0.673. The third-order valence-electron chi connectivity index (χ3n) is 4.91. The van der Waals surface area contributed by atoms with E-state index in [9.17, 15) is 14.4 Å². The van der Waals surface area contributed by atoms with Crippen LogP contribution in [0, 0.1) is 6.92 Å². The first-order valence-electron chi connectivity index (χ1n) is 9.75. The number of nitrogens with zero attached hydrogens (tertiary/aromatic N) is 2. The van der Waals surface area contributed by atoms with Gasteiger partial charge in [-0.3, -0.25) is 14.5 Å². The number of nitrogens with one attached hydrogen (secondary N) is 2. The average molecular weight is 394 g/mol. The molecule has 0 bridgehead atoms. The molecule has 0 saturated carbocycles. The predicted molar refractivity (Wildman–Crippen MR) is 112 cm³/mol. The summed E-state index contributed by atoms with van der Waals surface area (Å²) >= 11 is 0. The van der Waals surface area contributed by atoms with Gasteiger partial charge in [-0.2, -0.15) is 0 Å². The molecule has 2 aromatic rings. The van der Waals surface area contributed by atoms with Gasteiger partial charge in [0.1, 0.15) is 0 Å². The number of urea groups is 1. The molecule has 1 aliphatic rings. The molecule has 0 atom stereocenters. The number of benzene rings is 2. The van der Waals surface area contributed by atoms with Crippen LogP contribution in [0.1, 0.15) is 28.4 Å². The summed E-state index contributed by atoms with van der Waals surface area (Å²) in [6.07, 6.45) is 0. The van der Waals surface area contributed by atoms with Crippen molar-refractivity contribution in [3.63, 3.8) is 0 Å². The summed E-state index contributed by atoms with van der Waals surface area (Å²) in [5.41, 5.74) is 3.69. The van der Waals surface area contributed by atoms with Crippen molar-refractivity contribution < 1.29 is 14.4 Å². The van der Waals surface area contributed by atoms with Crippen molar-refractivity contribution >= 4 is 23.5 Å². The molecule has 4 amide bonds. The van der Waals surface area contributed by atoms with Gasteiger partial charge in [0.25, 0.3) is 5.91 Å². The van der Waals surface area contributed by atoms with Crippen molar-refractivity contribution in [3.8, 4) is 0 Å². The molecule has 29 heavy (non-hydrogen) atoms. The Morgan fingerprint density at radius 2 is 1.93 bits per heavy atom. The lowest BCUT2D eigenvalue weighted by atomic mass is 10.1. The molecule has 1 heterocycles. The molecule has 2 aromatic carbocycles. The van der Waals surface area contributed by atoms with E-state index in [0.29, 0.717) is 12.1 Å². The van der Waals surface area contributed by atoms with E-state index in [-0.39, 0.29) is 30.9 Å². The zero-order chi connectivity index (χ0) is 20.8. The van der Waals surface area contributed by atoms with E-state index in [0.717, 1.165) is 24.3 Å². The number of carbonyl (C=O) groups excluding carboxylic acids is 3. The number of aryl methyl sites for hydroxylation is 1. The Morgan fingerprint density at radius 3 is 2.55 bits per heavy atom. The van der Waals surface area contributed by atoms with Crippen LogP contribution >= 0.6 is 0 Å². The second-order valence-corrected chi connectivity index (χ2v) is 7.01. The van der Waals surface area contributed by atoms with E-state index in [2.05, 4.69) is 47.6 Å². The normalized spacial score (nSPS) is 13.4. The topological polar surface area (TPSA) is 81.8 Å². The lowest BCUT2D eigenvalue weighted by molar-refractivity contribution is -0.125. The van der Waals surface area contributed by atoms with Crippen molar-refractivity contribution in [3.05, 3.63) is 65.2 Å². The van der Waals surface area contributed by atoms with Gasteiger partial charge < -0.3 is 15.5 Å². The molecule has 0 aromatic heterocycles. The van der Waals surface area contributed by atoms with Crippen LogP contribution in [0.4, 0.5) is 10.5 Å². The van der Waals surface area contributed by atoms with Gasteiger partial charge in [-0.1, -0.05) is 24.3 Å². The van der Waals surface area contributed by atoms with Gasteiger partial charge in [0.2, 0.25) is 5.91 Å². The molecule has 1 saturated heterocycles. The van der Waals surface area contributed by atoms with Gasteiger partial charge in [-0.05, 0) is 49.2 Å². The number of hydrogen-bond donors (Lipinski definition) is 2. The fourth-order valence-electron chi connectivity index (χ4n) is 3.26. The van der Waals surface area contributed by atoms with Gasteiger partial charge in [-0.25, -0.2) is 4.79 Å². The van der Waals surface area contributed by atoms with Crippen LogP contribution in [0.2, 0.25) is 0 Å². The van der Waals surface area contributed by atoms with E-state index < -0.39 is 0 Å². The first-order valence-corrected chi connectivity index (χ1v) is 9.75. The van der Waals surface area contributed by atoms with Gasteiger partial charge >= 0.3 is 6.03 Å².